The summed E-state index contributed by atoms with van der Waals surface area (Å²) in [7, 11) is 0. The molecule has 3 N–H and O–H groups in total. The molecule has 0 spiro atoms. The lowest BCUT2D eigenvalue weighted by molar-refractivity contribution is -0.117. The second-order valence-corrected chi connectivity index (χ2v) is 4.52. The number of carbonyl (C=O) groups is 1. The van der Waals surface area contributed by atoms with Crippen LogP contribution in [-0.4, -0.2) is 24.0 Å². The van der Waals surface area contributed by atoms with E-state index in [2.05, 4.69) is 5.32 Å². The Balaban J connectivity index is 2.61. The molecule has 94 valence electrons. The van der Waals surface area contributed by atoms with Crippen molar-refractivity contribution in [1.82, 2.24) is 0 Å². The van der Waals surface area contributed by atoms with Gasteiger partial charge in [0.15, 0.2) is 0 Å². The summed E-state index contributed by atoms with van der Waals surface area (Å²) >= 11 is 1.58. The molecule has 0 radical (unpaired) electrons. The van der Waals surface area contributed by atoms with Crippen LogP contribution in [-0.2, 0) is 4.79 Å². The zero-order valence-corrected chi connectivity index (χ0v) is 10.2. The number of benzene rings is 1. The fourth-order valence-corrected chi connectivity index (χ4v) is 1.73. The van der Waals surface area contributed by atoms with Gasteiger partial charge in [0.2, 0.25) is 5.91 Å². The van der Waals surface area contributed by atoms with Crippen LogP contribution in [0, 0.1) is 11.6 Å². The van der Waals surface area contributed by atoms with Gasteiger partial charge in [0.05, 0.1) is 6.04 Å². The van der Waals surface area contributed by atoms with Crippen LogP contribution in [0.4, 0.5) is 14.5 Å². The molecule has 0 fully saturated rings. The number of amides is 1. The second kappa shape index (κ2) is 6.56. The molecule has 0 bridgehead atoms. The predicted octanol–water partition coefficient (Wildman–Crippen LogP) is 1.98. The molecular weight excluding hydrogens is 246 g/mol. The first-order valence-corrected chi connectivity index (χ1v) is 6.44. The Morgan fingerprint density at radius 3 is 2.53 bits per heavy atom. The topological polar surface area (TPSA) is 55.1 Å². The molecule has 1 aromatic rings. The van der Waals surface area contributed by atoms with Crippen molar-refractivity contribution in [1.29, 1.82) is 0 Å². The zero-order chi connectivity index (χ0) is 12.8. The second-order valence-electron chi connectivity index (χ2n) is 3.54. The van der Waals surface area contributed by atoms with Gasteiger partial charge >= 0.3 is 0 Å². The van der Waals surface area contributed by atoms with Crippen molar-refractivity contribution in [3.63, 3.8) is 0 Å². The van der Waals surface area contributed by atoms with Crippen molar-refractivity contribution in [2.45, 2.75) is 12.5 Å². The van der Waals surface area contributed by atoms with Gasteiger partial charge in [-0.1, -0.05) is 0 Å². The quantitative estimate of drug-likeness (QED) is 0.851. The van der Waals surface area contributed by atoms with E-state index >= 15 is 0 Å². The Morgan fingerprint density at radius 1 is 1.41 bits per heavy atom. The van der Waals surface area contributed by atoms with Crippen LogP contribution >= 0.6 is 11.8 Å². The van der Waals surface area contributed by atoms with Crippen LogP contribution < -0.4 is 11.1 Å². The molecule has 0 unspecified atom stereocenters. The summed E-state index contributed by atoms with van der Waals surface area (Å²) in [5.41, 5.74) is 5.69. The maximum atomic E-state index is 12.9. The minimum atomic E-state index is -0.738. The molecule has 0 aliphatic heterocycles. The van der Waals surface area contributed by atoms with E-state index in [0.717, 1.165) is 24.0 Å². The number of nitrogens with one attached hydrogen (secondary N) is 1. The smallest absolute Gasteiger partial charge is 0.241 e. The maximum absolute atomic E-state index is 12.9. The number of thioether (sulfide) groups is 1. The van der Waals surface area contributed by atoms with E-state index in [-0.39, 0.29) is 5.69 Å². The normalized spacial score (nSPS) is 12.2. The largest absolute Gasteiger partial charge is 0.325 e. The fourth-order valence-electron chi connectivity index (χ4n) is 1.24. The van der Waals surface area contributed by atoms with Gasteiger partial charge in [-0.2, -0.15) is 11.8 Å². The molecule has 0 saturated heterocycles. The van der Waals surface area contributed by atoms with Crippen molar-refractivity contribution in [3.8, 4) is 0 Å². The summed E-state index contributed by atoms with van der Waals surface area (Å²) in [4.78, 5) is 11.6. The van der Waals surface area contributed by atoms with Crippen molar-refractivity contribution < 1.29 is 13.6 Å². The minimum Gasteiger partial charge on any atom is -0.325 e. The lowest BCUT2D eigenvalue weighted by Gasteiger charge is -2.11. The molecule has 17 heavy (non-hydrogen) atoms. The highest BCUT2D eigenvalue weighted by Gasteiger charge is 2.13. The summed E-state index contributed by atoms with van der Waals surface area (Å²) in [5.74, 6) is -1.16. The molecule has 1 aromatic carbocycles. The zero-order valence-electron chi connectivity index (χ0n) is 9.37. The van der Waals surface area contributed by atoms with Crippen LogP contribution in [0.5, 0.6) is 0 Å². The molecule has 1 amide bonds. The number of anilines is 1. The van der Waals surface area contributed by atoms with Crippen molar-refractivity contribution in [3.05, 3.63) is 29.8 Å². The van der Waals surface area contributed by atoms with Crippen LogP contribution in [0.15, 0.2) is 18.2 Å². The van der Waals surface area contributed by atoms with Crippen LogP contribution in [0.25, 0.3) is 0 Å². The maximum Gasteiger partial charge on any atom is 0.241 e. The van der Waals surface area contributed by atoms with Crippen LogP contribution in [0.1, 0.15) is 6.42 Å². The first kappa shape index (κ1) is 13.9. The molecular formula is C11H14F2N2OS. The van der Waals surface area contributed by atoms with Crippen molar-refractivity contribution >= 4 is 23.4 Å². The molecule has 3 nitrogen and oxygen atoms in total. The lowest BCUT2D eigenvalue weighted by atomic mass is 10.2. The molecule has 0 aliphatic rings. The molecule has 0 aliphatic carbocycles. The first-order valence-electron chi connectivity index (χ1n) is 5.04. The highest BCUT2D eigenvalue weighted by Crippen LogP contribution is 2.13. The third-order valence-corrected chi connectivity index (χ3v) is 2.74. The lowest BCUT2D eigenvalue weighted by Crippen LogP contribution is -2.36. The minimum absolute atomic E-state index is 0.0760. The van der Waals surface area contributed by atoms with E-state index in [1.807, 2.05) is 6.26 Å². The SMILES string of the molecule is CSCC[C@H](N)C(=O)Nc1cc(F)cc(F)c1. The summed E-state index contributed by atoms with van der Waals surface area (Å²) < 4.78 is 25.7. The number of halogens is 2. The number of rotatable bonds is 5. The standard InChI is InChI=1S/C11H14F2N2OS/c1-17-3-2-10(14)11(16)15-9-5-7(12)4-8(13)6-9/h4-6,10H,2-3,14H2,1H3,(H,15,16)/t10-/m0/s1. The van der Waals surface area contributed by atoms with Gasteiger partial charge in [-0.25, -0.2) is 8.78 Å². The summed E-state index contributed by atoms with van der Waals surface area (Å²) in [6.07, 6.45) is 2.43. The Hall–Kier alpha value is -1.14. The van der Waals surface area contributed by atoms with Crippen LogP contribution in [0.2, 0.25) is 0 Å². The van der Waals surface area contributed by atoms with E-state index < -0.39 is 23.6 Å². The average molecular weight is 260 g/mol. The predicted molar refractivity (Wildman–Crippen MR) is 66.0 cm³/mol. The number of carbonyl (C=O) groups excluding carboxylic acids is 1. The summed E-state index contributed by atoms with van der Waals surface area (Å²) in [6, 6.07) is 2.15. The molecule has 0 aromatic heterocycles. The first-order chi connectivity index (χ1) is 8.02. The summed E-state index contributed by atoms with van der Waals surface area (Å²) in [5, 5.41) is 2.38. The fraction of sp³-hybridized carbons (Fsp3) is 0.364. The Morgan fingerprint density at radius 2 is 2.00 bits per heavy atom. The molecule has 1 rings (SSSR count). The van der Waals surface area contributed by atoms with Crippen molar-refractivity contribution in [2.24, 2.45) is 5.73 Å². The third-order valence-electron chi connectivity index (χ3n) is 2.10. The Labute approximate surface area is 103 Å². The van der Waals surface area contributed by atoms with Gasteiger partial charge in [-0.3, -0.25) is 4.79 Å². The van der Waals surface area contributed by atoms with E-state index in [9.17, 15) is 13.6 Å². The molecule has 1 atom stereocenters. The molecule has 6 heteroatoms. The van der Waals surface area contributed by atoms with E-state index in [0.29, 0.717) is 6.42 Å². The van der Waals surface area contributed by atoms with E-state index in [4.69, 9.17) is 5.73 Å². The van der Waals surface area contributed by atoms with Gasteiger partial charge < -0.3 is 11.1 Å². The van der Waals surface area contributed by atoms with E-state index in [1.165, 1.54) is 0 Å². The highest BCUT2D eigenvalue weighted by atomic mass is 32.2. The number of hydrogen-bond acceptors (Lipinski definition) is 3. The van der Waals surface area contributed by atoms with Gasteiger partial charge in [-0.05, 0) is 30.6 Å². The van der Waals surface area contributed by atoms with Crippen LogP contribution in [0.3, 0.4) is 0 Å². The van der Waals surface area contributed by atoms with Crippen molar-refractivity contribution in [2.75, 3.05) is 17.3 Å². The van der Waals surface area contributed by atoms with Gasteiger partial charge in [0.1, 0.15) is 11.6 Å². The van der Waals surface area contributed by atoms with E-state index in [1.54, 1.807) is 11.8 Å². The summed E-state index contributed by atoms with van der Waals surface area (Å²) in [6.45, 7) is 0. The molecule has 0 saturated carbocycles. The average Bonchev–Trinajstić information content (AvgIpc) is 2.24. The van der Waals surface area contributed by atoms with Gasteiger partial charge in [-0.15, -0.1) is 0 Å². The number of nitrogens with two attached hydrogens (primary N) is 1. The molecule has 0 heterocycles. The Kier molecular flexibility index (Phi) is 5.37. The van der Waals surface area contributed by atoms with Gasteiger partial charge in [0.25, 0.3) is 0 Å². The highest BCUT2D eigenvalue weighted by molar-refractivity contribution is 7.98. The monoisotopic (exact) mass is 260 g/mol. The van der Waals surface area contributed by atoms with Gasteiger partial charge in [0, 0.05) is 11.8 Å². The third kappa shape index (κ3) is 4.70. The Bertz CT molecular complexity index is 381. The number of hydrogen-bond donors (Lipinski definition) is 2.